The monoisotopic (exact) mass is 244 g/mol. The second-order valence-corrected chi connectivity index (χ2v) is 5.09. The Bertz CT molecular complexity index is 306. The molecule has 0 aromatic carbocycles. The summed E-state index contributed by atoms with van der Waals surface area (Å²) in [7, 11) is 3.40. The lowest BCUT2D eigenvalue weighted by Crippen LogP contribution is -2.43. The molecule has 2 fully saturated rings. The molecule has 0 aromatic heterocycles. The predicted molar refractivity (Wildman–Crippen MR) is 60.7 cm³/mol. The first-order chi connectivity index (χ1) is 7.89. The SMILES string of the molecule is CN(C)C(=O)NC[C@@H]1OC[C@H]2OC(C)(C)O[C@@H]12. The van der Waals surface area contributed by atoms with E-state index >= 15 is 0 Å². The van der Waals surface area contributed by atoms with Crippen molar-refractivity contribution in [3.05, 3.63) is 0 Å². The molecule has 0 bridgehead atoms. The smallest absolute Gasteiger partial charge is 0.316 e. The van der Waals surface area contributed by atoms with Crippen LogP contribution in [0.3, 0.4) is 0 Å². The van der Waals surface area contributed by atoms with E-state index in [1.54, 1.807) is 14.1 Å². The minimum absolute atomic E-state index is 0.0220. The van der Waals surface area contributed by atoms with Crippen molar-refractivity contribution in [1.82, 2.24) is 10.2 Å². The molecule has 0 unspecified atom stereocenters. The zero-order valence-corrected chi connectivity index (χ0v) is 10.7. The third-order valence-electron chi connectivity index (χ3n) is 2.92. The lowest BCUT2D eigenvalue weighted by molar-refractivity contribution is -0.174. The third-order valence-corrected chi connectivity index (χ3v) is 2.92. The van der Waals surface area contributed by atoms with Crippen molar-refractivity contribution < 1.29 is 19.0 Å². The van der Waals surface area contributed by atoms with Gasteiger partial charge in [-0.2, -0.15) is 0 Å². The van der Waals surface area contributed by atoms with E-state index in [1.807, 2.05) is 13.8 Å². The number of amides is 2. The van der Waals surface area contributed by atoms with Crippen molar-refractivity contribution in [2.75, 3.05) is 27.2 Å². The molecule has 0 saturated carbocycles. The van der Waals surface area contributed by atoms with E-state index in [1.165, 1.54) is 4.90 Å². The van der Waals surface area contributed by atoms with Gasteiger partial charge in [0.05, 0.1) is 6.61 Å². The second kappa shape index (κ2) is 4.44. The van der Waals surface area contributed by atoms with Gasteiger partial charge < -0.3 is 24.4 Å². The Balaban J connectivity index is 1.85. The summed E-state index contributed by atoms with van der Waals surface area (Å²) in [5.74, 6) is -0.553. The Hall–Kier alpha value is -0.850. The van der Waals surface area contributed by atoms with Crippen LogP contribution in [0.5, 0.6) is 0 Å². The number of carbonyl (C=O) groups is 1. The number of hydrogen-bond donors (Lipinski definition) is 1. The van der Waals surface area contributed by atoms with E-state index in [9.17, 15) is 4.79 Å². The van der Waals surface area contributed by atoms with Crippen LogP contribution in [-0.4, -0.2) is 62.3 Å². The Kier molecular flexibility index (Phi) is 3.29. The summed E-state index contributed by atoms with van der Waals surface area (Å²) >= 11 is 0. The molecule has 6 heteroatoms. The van der Waals surface area contributed by atoms with Crippen LogP contribution in [0.2, 0.25) is 0 Å². The lowest BCUT2D eigenvalue weighted by atomic mass is 10.1. The number of carbonyl (C=O) groups excluding carboxylic acids is 1. The standard InChI is InChI=1S/C11H20N2O4/c1-11(2)16-8-6-15-7(9(8)17-11)5-12-10(14)13(3)4/h7-9H,5-6H2,1-4H3,(H,12,14)/t7-,8+,9-/m0/s1. The Labute approximate surface area is 101 Å². The highest BCUT2D eigenvalue weighted by molar-refractivity contribution is 5.73. The van der Waals surface area contributed by atoms with Gasteiger partial charge in [-0.3, -0.25) is 0 Å². The molecule has 0 radical (unpaired) electrons. The van der Waals surface area contributed by atoms with E-state index in [0.717, 1.165) is 0 Å². The fourth-order valence-electron chi connectivity index (χ4n) is 2.14. The van der Waals surface area contributed by atoms with Crippen LogP contribution in [0.1, 0.15) is 13.8 Å². The molecule has 2 rings (SSSR count). The van der Waals surface area contributed by atoms with Gasteiger partial charge in [0.2, 0.25) is 0 Å². The number of nitrogens with one attached hydrogen (secondary N) is 1. The zero-order valence-electron chi connectivity index (χ0n) is 10.7. The van der Waals surface area contributed by atoms with E-state index < -0.39 is 5.79 Å². The zero-order chi connectivity index (χ0) is 12.6. The summed E-state index contributed by atoms with van der Waals surface area (Å²) in [6.45, 7) is 4.75. The number of rotatable bonds is 2. The molecule has 2 aliphatic rings. The van der Waals surface area contributed by atoms with E-state index in [0.29, 0.717) is 13.2 Å². The molecule has 17 heavy (non-hydrogen) atoms. The van der Waals surface area contributed by atoms with Crippen LogP contribution >= 0.6 is 0 Å². The fourth-order valence-corrected chi connectivity index (χ4v) is 2.14. The number of fused-ring (bicyclic) bond motifs is 1. The number of urea groups is 1. The average molecular weight is 244 g/mol. The number of nitrogens with zero attached hydrogens (tertiary/aromatic N) is 1. The predicted octanol–water partition coefficient (Wildman–Crippen LogP) is 0.177. The van der Waals surface area contributed by atoms with Crippen molar-refractivity contribution in [2.45, 2.75) is 37.9 Å². The van der Waals surface area contributed by atoms with Crippen LogP contribution in [0.15, 0.2) is 0 Å². The molecule has 6 nitrogen and oxygen atoms in total. The third kappa shape index (κ3) is 2.70. The highest BCUT2D eigenvalue weighted by atomic mass is 16.8. The summed E-state index contributed by atoms with van der Waals surface area (Å²) in [5, 5.41) is 2.79. The van der Waals surface area contributed by atoms with Gasteiger partial charge in [0.25, 0.3) is 0 Å². The van der Waals surface area contributed by atoms with Crippen molar-refractivity contribution in [3.8, 4) is 0 Å². The largest absolute Gasteiger partial charge is 0.371 e. The summed E-state index contributed by atoms with van der Waals surface area (Å²) in [5.41, 5.74) is 0. The van der Waals surface area contributed by atoms with Gasteiger partial charge in [-0.05, 0) is 13.8 Å². The van der Waals surface area contributed by atoms with Crippen LogP contribution in [0.25, 0.3) is 0 Å². The molecule has 98 valence electrons. The van der Waals surface area contributed by atoms with Crippen molar-refractivity contribution >= 4 is 6.03 Å². The van der Waals surface area contributed by atoms with Gasteiger partial charge in [0.15, 0.2) is 5.79 Å². The van der Waals surface area contributed by atoms with Crippen LogP contribution in [0.4, 0.5) is 4.79 Å². The molecule has 0 aliphatic carbocycles. The number of ether oxygens (including phenoxy) is 3. The molecule has 2 heterocycles. The van der Waals surface area contributed by atoms with Gasteiger partial charge in [0.1, 0.15) is 18.3 Å². The Morgan fingerprint density at radius 3 is 2.76 bits per heavy atom. The topological polar surface area (TPSA) is 60.0 Å². The van der Waals surface area contributed by atoms with Gasteiger partial charge in [0, 0.05) is 20.6 Å². The molecule has 0 aromatic rings. The Morgan fingerprint density at radius 2 is 2.12 bits per heavy atom. The van der Waals surface area contributed by atoms with Gasteiger partial charge in [-0.25, -0.2) is 4.79 Å². The maximum Gasteiger partial charge on any atom is 0.316 e. The summed E-state index contributed by atoms with van der Waals surface area (Å²) in [4.78, 5) is 12.9. The molecule has 2 aliphatic heterocycles. The van der Waals surface area contributed by atoms with Crippen LogP contribution < -0.4 is 5.32 Å². The first kappa shape index (κ1) is 12.6. The van der Waals surface area contributed by atoms with Gasteiger partial charge >= 0.3 is 6.03 Å². The molecule has 3 atom stereocenters. The quantitative estimate of drug-likeness (QED) is 0.752. The number of hydrogen-bond acceptors (Lipinski definition) is 4. The molecular formula is C11H20N2O4. The maximum absolute atomic E-state index is 11.4. The van der Waals surface area contributed by atoms with Gasteiger partial charge in [-0.1, -0.05) is 0 Å². The molecular weight excluding hydrogens is 224 g/mol. The highest BCUT2D eigenvalue weighted by Gasteiger charge is 2.49. The molecule has 2 amide bonds. The minimum Gasteiger partial charge on any atom is -0.371 e. The Morgan fingerprint density at radius 1 is 1.41 bits per heavy atom. The van der Waals surface area contributed by atoms with E-state index in [4.69, 9.17) is 14.2 Å². The normalized spacial score (nSPS) is 34.5. The van der Waals surface area contributed by atoms with Crippen molar-refractivity contribution in [2.24, 2.45) is 0 Å². The minimum atomic E-state index is -0.553. The molecule has 1 N–H and O–H groups in total. The maximum atomic E-state index is 11.4. The molecule has 2 saturated heterocycles. The lowest BCUT2D eigenvalue weighted by Gasteiger charge is -2.22. The van der Waals surface area contributed by atoms with E-state index in [2.05, 4.69) is 5.32 Å². The van der Waals surface area contributed by atoms with Crippen LogP contribution in [0, 0.1) is 0 Å². The first-order valence-electron chi connectivity index (χ1n) is 5.81. The van der Waals surface area contributed by atoms with Crippen molar-refractivity contribution in [1.29, 1.82) is 0 Å². The average Bonchev–Trinajstić information content (AvgIpc) is 2.70. The van der Waals surface area contributed by atoms with Crippen LogP contribution in [-0.2, 0) is 14.2 Å². The summed E-state index contributed by atoms with van der Waals surface area (Å²) in [6.07, 6.45) is -0.246. The fraction of sp³-hybridized carbons (Fsp3) is 0.909. The summed E-state index contributed by atoms with van der Waals surface area (Å²) < 4.78 is 17.0. The highest BCUT2D eigenvalue weighted by Crippen LogP contribution is 2.34. The molecule has 0 spiro atoms. The van der Waals surface area contributed by atoms with Gasteiger partial charge in [-0.15, -0.1) is 0 Å². The van der Waals surface area contributed by atoms with E-state index in [-0.39, 0.29) is 24.3 Å². The second-order valence-electron chi connectivity index (χ2n) is 5.09. The summed E-state index contributed by atoms with van der Waals surface area (Å²) in [6, 6.07) is -0.129. The first-order valence-corrected chi connectivity index (χ1v) is 5.81. The van der Waals surface area contributed by atoms with Crippen molar-refractivity contribution in [3.63, 3.8) is 0 Å².